The molecule has 0 aromatic heterocycles. The summed E-state index contributed by atoms with van der Waals surface area (Å²) in [6.07, 6.45) is 4.44. The van der Waals surface area contributed by atoms with Gasteiger partial charge >= 0.3 is 5.97 Å². The zero-order valence-electron chi connectivity index (χ0n) is 9.43. The molecule has 0 aliphatic rings. The second-order valence-electron chi connectivity index (χ2n) is 3.01. The van der Waals surface area contributed by atoms with Gasteiger partial charge in [0.05, 0.1) is 7.11 Å². The van der Waals surface area contributed by atoms with Gasteiger partial charge in [-0.1, -0.05) is 10.2 Å². The number of carbonyl (C=O) groups is 1. The number of unbranched alkanes of at least 4 members (excludes halogenated alkanes) is 1. The molecule has 0 spiro atoms. The zero-order chi connectivity index (χ0) is 12.9. The van der Waals surface area contributed by atoms with E-state index in [9.17, 15) is 14.4 Å². The van der Waals surface area contributed by atoms with Crippen LogP contribution in [0.2, 0.25) is 0 Å². The maximum absolute atomic E-state index is 11.2. The number of hydrazone groups is 2. The molecule has 2 N–H and O–H groups in total. The van der Waals surface area contributed by atoms with Crippen molar-refractivity contribution in [3.05, 3.63) is 0 Å². The van der Waals surface area contributed by atoms with Crippen molar-refractivity contribution < 1.29 is 19.1 Å². The van der Waals surface area contributed by atoms with Crippen molar-refractivity contribution in [2.45, 2.75) is 25.3 Å². The van der Waals surface area contributed by atoms with Crippen LogP contribution in [0, 0.1) is 0 Å². The average molecular weight is 242 g/mol. The Labute approximate surface area is 98.1 Å². The molecule has 0 aromatic carbocycles. The van der Waals surface area contributed by atoms with Crippen LogP contribution in [0.1, 0.15) is 19.3 Å². The smallest absolute Gasteiger partial charge is 0.329 e. The molecule has 0 aliphatic heterocycles. The van der Waals surface area contributed by atoms with Crippen LogP contribution < -0.4 is 10.9 Å². The molecule has 94 valence electrons. The Bertz CT molecular complexity index is 321. The highest BCUT2D eigenvalue weighted by Crippen LogP contribution is 2.02. The monoisotopic (exact) mass is 242 g/mol. The van der Waals surface area contributed by atoms with E-state index in [1.165, 1.54) is 19.3 Å². The second-order valence-corrected chi connectivity index (χ2v) is 3.01. The van der Waals surface area contributed by atoms with Gasteiger partial charge in [-0.25, -0.2) is 14.4 Å². The van der Waals surface area contributed by atoms with Gasteiger partial charge < -0.3 is 4.74 Å². The van der Waals surface area contributed by atoms with Crippen LogP contribution in [0.5, 0.6) is 0 Å². The molecule has 8 nitrogen and oxygen atoms in total. The quantitative estimate of drug-likeness (QED) is 0.183. The summed E-state index contributed by atoms with van der Waals surface area (Å²) in [4.78, 5) is 30.8. The summed E-state index contributed by atoms with van der Waals surface area (Å²) in [6, 6.07) is -0.670. The van der Waals surface area contributed by atoms with Gasteiger partial charge in [0.2, 0.25) is 0 Å². The van der Waals surface area contributed by atoms with E-state index in [1.54, 1.807) is 0 Å². The number of nitrogens with zero attached hydrogens (tertiary/aromatic N) is 2. The summed E-state index contributed by atoms with van der Waals surface area (Å²) >= 11 is 0. The lowest BCUT2D eigenvalue weighted by Gasteiger charge is -2.12. The molecule has 0 aromatic rings. The minimum atomic E-state index is -0.670. The molecule has 0 radical (unpaired) electrons. The lowest BCUT2D eigenvalue weighted by molar-refractivity contribution is -0.143. The Kier molecular flexibility index (Phi) is 9.03. The maximum atomic E-state index is 11.2. The van der Waals surface area contributed by atoms with Crippen LogP contribution in [-0.4, -0.2) is 37.8 Å². The van der Waals surface area contributed by atoms with Gasteiger partial charge in [0.15, 0.2) is 0 Å². The fraction of sp³-hybridized carbons (Fsp3) is 0.667. The van der Waals surface area contributed by atoms with E-state index in [2.05, 4.69) is 25.8 Å². The van der Waals surface area contributed by atoms with E-state index in [0.29, 0.717) is 25.8 Å². The first-order valence-electron chi connectivity index (χ1n) is 4.96. The topological polar surface area (TPSA) is 109 Å². The van der Waals surface area contributed by atoms with Gasteiger partial charge in [-0.05, 0) is 19.3 Å². The Morgan fingerprint density at radius 1 is 1.29 bits per heavy atom. The van der Waals surface area contributed by atoms with Crippen molar-refractivity contribution >= 4 is 18.1 Å². The number of methoxy groups -OCH3 is 1. The summed E-state index contributed by atoms with van der Waals surface area (Å²) in [5.41, 5.74) is 4.82. The van der Waals surface area contributed by atoms with Crippen molar-refractivity contribution in [3.8, 4) is 0 Å². The number of esters is 1. The fourth-order valence-electron chi connectivity index (χ4n) is 1.12. The first-order valence-corrected chi connectivity index (χ1v) is 4.96. The molecule has 0 rings (SSSR count). The number of isocyanates is 2. The molecule has 0 saturated heterocycles. The minimum Gasteiger partial charge on any atom is -0.467 e. The van der Waals surface area contributed by atoms with Crippen LogP contribution in [0.3, 0.4) is 0 Å². The Morgan fingerprint density at radius 2 is 2.00 bits per heavy atom. The molecule has 0 saturated carbocycles. The summed E-state index contributed by atoms with van der Waals surface area (Å²) in [5.74, 6) is -0.497. The van der Waals surface area contributed by atoms with Gasteiger partial charge in [-0.2, -0.15) is 0 Å². The molecule has 17 heavy (non-hydrogen) atoms. The fourth-order valence-corrected chi connectivity index (χ4v) is 1.12. The largest absolute Gasteiger partial charge is 0.467 e. The Morgan fingerprint density at radius 3 is 2.59 bits per heavy atom. The average Bonchev–Trinajstić information content (AvgIpc) is 2.36. The van der Waals surface area contributed by atoms with E-state index in [4.69, 9.17) is 0 Å². The highest BCUT2D eigenvalue weighted by atomic mass is 16.5. The summed E-state index contributed by atoms with van der Waals surface area (Å²) in [7, 11) is 1.25. The number of nitrogens with one attached hydrogen (secondary N) is 2. The summed E-state index contributed by atoms with van der Waals surface area (Å²) in [5, 5.41) is 6.28. The number of hydrogen-bond acceptors (Lipinski definition) is 8. The van der Waals surface area contributed by atoms with E-state index in [-0.39, 0.29) is 0 Å². The molecule has 0 bridgehead atoms. The highest BCUT2D eigenvalue weighted by Gasteiger charge is 2.17. The molecule has 0 fully saturated rings. The van der Waals surface area contributed by atoms with Crippen molar-refractivity contribution in [2.75, 3.05) is 13.7 Å². The molecule has 0 amide bonds. The van der Waals surface area contributed by atoms with Crippen LogP contribution in [0.4, 0.5) is 0 Å². The standard InChI is InChI=1S/C9H14N4O4/c1-17-9(16)8(13-12-7-15)4-2-3-5-10-11-6-14/h8,10,13H,2-5H2,1H3/t8-/m0/s1. The molecule has 1 atom stereocenters. The normalized spacial score (nSPS) is 10.4. The third-order valence-electron chi connectivity index (χ3n) is 1.91. The third kappa shape index (κ3) is 7.72. The van der Waals surface area contributed by atoms with E-state index in [0.717, 1.165) is 0 Å². The SMILES string of the molecule is COC(=O)[C@H](CCCCNN=C=O)NN=C=O. The number of hydrogen-bond donors (Lipinski definition) is 2. The first kappa shape index (κ1) is 14.8. The second kappa shape index (κ2) is 10.4. The van der Waals surface area contributed by atoms with Crippen molar-refractivity contribution in [3.63, 3.8) is 0 Å². The van der Waals surface area contributed by atoms with Gasteiger partial charge in [-0.15, -0.1) is 0 Å². The van der Waals surface area contributed by atoms with Gasteiger partial charge in [0.25, 0.3) is 12.2 Å². The molecule has 0 aliphatic carbocycles. The van der Waals surface area contributed by atoms with Crippen LogP contribution in [-0.2, 0) is 19.1 Å². The molecule has 0 unspecified atom stereocenters. The van der Waals surface area contributed by atoms with E-state index in [1.807, 2.05) is 0 Å². The highest BCUT2D eigenvalue weighted by molar-refractivity contribution is 5.75. The summed E-state index contributed by atoms with van der Waals surface area (Å²) < 4.78 is 4.53. The Hall–Kier alpha value is -2.17. The molecule has 8 heteroatoms. The zero-order valence-corrected chi connectivity index (χ0v) is 9.43. The number of rotatable bonds is 9. The molecule has 0 heterocycles. The number of carbonyl (C=O) groups excluding carboxylic acids is 3. The third-order valence-corrected chi connectivity index (χ3v) is 1.91. The lowest BCUT2D eigenvalue weighted by Crippen LogP contribution is -2.34. The minimum absolute atomic E-state index is 0.449. The predicted molar refractivity (Wildman–Crippen MR) is 57.0 cm³/mol. The van der Waals surface area contributed by atoms with E-state index >= 15 is 0 Å². The Balaban J connectivity index is 3.86. The number of ether oxygens (including phenoxy) is 1. The van der Waals surface area contributed by atoms with Crippen molar-refractivity contribution in [2.24, 2.45) is 10.2 Å². The van der Waals surface area contributed by atoms with Crippen LogP contribution in [0.15, 0.2) is 10.2 Å². The molecular formula is C9H14N4O4. The first-order chi connectivity index (χ1) is 8.26. The predicted octanol–water partition coefficient (Wildman–Crippen LogP) is -0.621. The summed E-state index contributed by atoms with van der Waals surface area (Å²) in [6.45, 7) is 0.500. The van der Waals surface area contributed by atoms with Gasteiger partial charge in [0, 0.05) is 6.54 Å². The van der Waals surface area contributed by atoms with Gasteiger partial charge in [0.1, 0.15) is 6.04 Å². The van der Waals surface area contributed by atoms with Gasteiger partial charge in [-0.3, -0.25) is 10.9 Å². The lowest BCUT2D eigenvalue weighted by atomic mass is 10.1. The van der Waals surface area contributed by atoms with Crippen LogP contribution in [0.25, 0.3) is 0 Å². The molecular weight excluding hydrogens is 228 g/mol. The maximum Gasteiger partial charge on any atom is 0.329 e. The van der Waals surface area contributed by atoms with Crippen molar-refractivity contribution in [1.82, 2.24) is 10.9 Å². The van der Waals surface area contributed by atoms with Crippen LogP contribution >= 0.6 is 0 Å². The van der Waals surface area contributed by atoms with Crippen molar-refractivity contribution in [1.29, 1.82) is 0 Å². The van der Waals surface area contributed by atoms with E-state index < -0.39 is 12.0 Å².